The highest BCUT2D eigenvalue weighted by Gasteiger charge is 2.28. The van der Waals surface area contributed by atoms with Crippen molar-refractivity contribution in [1.29, 1.82) is 0 Å². The standard InChI is InChI=1S/C21H25N3O5/c1-14-17(22-20(29-14)15-6-4-3-5-7-15)12-18(25)23(2)13-19(26)24-10-8-16(9-11-24)21(27)28/h3-7,16H,8-13H2,1-2H3,(H,27,28). The highest BCUT2D eigenvalue weighted by Crippen LogP contribution is 2.22. The van der Waals surface area contributed by atoms with E-state index in [1.165, 1.54) is 4.90 Å². The lowest BCUT2D eigenvalue weighted by molar-refractivity contribution is -0.146. The average molecular weight is 399 g/mol. The number of aromatic nitrogens is 1. The van der Waals surface area contributed by atoms with Gasteiger partial charge in [-0.05, 0) is 31.9 Å². The first-order chi connectivity index (χ1) is 13.8. The van der Waals surface area contributed by atoms with Crippen LogP contribution in [0.15, 0.2) is 34.7 Å². The van der Waals surface area contributed by atoms with E-state index in [4.69, 9.17) is 9.52 Å². The number of likely N-dealkylation sites (tertiary alicyclic amines) is 1. The summed E-state index contributed by atoms with van der Waals surface area (Å²) in [6.07, 6.45) is 0.936. The average Bonchev–Trinajstić information content (AvgIpc) is 3.09. The van der Waals surface area contributed by atoms with Crippen molar-refractivity contribution < 1.29 is 23.9 Å². The van der Waals surface area contributed by atoms with E-state index in [-0.39, 0.29) is 24.8 Å². The lowest BCUT2D eigenvalue weighted by Crippen LogP contribution is -2.45. The van der Waals surface area contributed by atoms with Gasteiger partial charge in [0.1, 0.15) is 5.76 Å². The minimum absolute atomic E-state index is 0.0426. The maximum atomic E-state index is 12.6. The number of rotatable bonds is 6. The van der Waals surface area contributed by atoms with Crippen molar-refractivity contribution in [2.24, 2.45) is 5.92 Å². The zero-order chi connectivity index (χ0) is 21.0. The first-order valence-electron chi connectivity index (χ1n) is 9.61. The number of benzene rings is 1. The SMILES string of the molecule is Cc1oc(-c2ccccc2)nc1CC(=O)N(C)CC(=O)N1CCC(C(=O)O)CC1. The molecule has 0 saturated carbocycles. The minimum Gasteiger partial charge on any atom is -0.481 e. The summed E-state index contributed by atoms with van der Waals surface area (Å²) >= 11 is 0. The van der Waals surface area contributed by atoms with Crippen LogP contribution in [0.2, 0.25) is 0 Å². The Morgan fingerprint density at radius 1 is 1.21 bits per heavy atom. The van der Waals surface area contributed by atoms with Crippen molar-refractivity contribution in [1.82, 2.24) is 14.8 Å². The molecular formula is C21H25N3O5. The second-order valence-corrected chi connectivity index (χ2v) is 7.31. The first kappa shape index (κ1) is 20.6. The number of carbonyl (C=O) groups is 3. The number of carbonyl (C=O) groups excluding carboxylic acids is 2. The molecule has 2 aromatic rings. The van der Waals surface area contributed by atoms with Gasteiger partial charge in [-0.15, -0.1) is 0 Å². The summed E-state index contributed by atoms with van der Waals surface area (Å²) in [6.45, 7) is 2.53. The van der Waals surface area contributed by atoms with E-state index in [9.17, 15) is 14.4 Å². The van der Waals surface area contributed by atoms with Crippen LogP contribution in [0.25, 0.3) is 11.5 Å². The van der Waals surface area contributed by atoms with Crippen LogP contribution in [0.1, 0.15) is 24.3 Å². The summed E-state index contributed by atoms with van der Waals surface area (Å²) in [4.78, 5) is 43.5. The zero-order valence-electron chi connectivity index (χ0n) is 16.6. The van der Waals surface area contributed by atoms with Gasteiger partial charge in [0.2, 0.25) is 17.7 Å². The molecule has 1 aliphatic rings. The number of aryl methyl sites for hydroxylation is 1. The molecule has 154 valence electrons. The van der Waals surface area contributed by atoms with Gasteiger partial charge in [0.15, 0.2) is 0 Å². The van der Waals surface area contributed by atoms with E-state index in [0.717, 1.165) is 5.56 Å². The van der Waals surface area contributed by atoms with Crippen molar-refractivity contribution in [2.45, 2.75) is 26.2 Å². The number of hydrogen-bond donors (Lipinski definition) is 1. The third-order valence-electron chi connectivity index (χ3n) is 5.23. The Hall–Kier alpha value is -3.16. The van der Waals surface area contributed by atoms with Crippen LogP contribution >= 0.6 is 0 Å². The fourth-order valence-corrected chi connectivity index (χ4v) is 3.34. The molecule has 0 atom stereocenters. The van der Waals surface area contributed by atoms with Crippen molar-refractivity contribution >= 4 is 17.8 Å². The maximum absolute atomic E-state index is 12.6. The summed E-state index contributed by atoms with van der Waals surface area (Å²) in [5.41, 5.74) is 1.39. The Balaban J connectivity index is 1.55. The fourth-order valence-electron chi connectivity index (χ4n) is 3.34. The van der Waals surface area contributed by atoms with Crippen LogP contribution in [-0.2, 0) is 20.8 Å². The Morgan fingerprint density at radius 2 is 1.86 bits per heavy atom. The second kappa shape index (κ2) is 8.89. The molecule has 0 aliphatic carbocycles. The molecular weight excluding hydrogens is 374 g/mol. The van der Waals surface area contributed by atoms with Crippen LogP contribution in [0, 0.1) is 12.8 Å². The largest absolute Gasteiger partial charge is 0.481 e. The normalized spacial score (nSPS) is 14.6. The van der Waals surface area contributed by atoms with Crippen LogP contribution in [0.5, 0.6) is 0 Å². The van der Waals surface area contributed by atoms with Crippen molar-refractivity contribution in [3.8, 4) is 11.5 Å². The van der Waals surface area contributed by atoms with Gasteiger partial charge in [0.25, 0.3) is 0 Å². The number of amides is 2. The number of piperidine rings is 1. The molecule has 1 fully saturated rings. The molecule has 1 N–H and O–H groups in total. The van der Waals surface area contributed by atoms with Gasteiger partial charge in [-0.3, -0.25) is 14.4 Å². The van der Waals surface area contributed by atoms with Gasteiger partial charge >= 0.3 is 5.97 Å². The molecule has 2 heterocycles. The summed E-state index contributed by atoms with van der Waals surface area (Å²) in [6, 6.07) is 9.45. The summed E-state index contributed by atoms with van der Waals surface area (Å²) in [5.74, 6) is -0.575. The molecule has 2 amide bonds. The highest BCUT2D eigenvalue weighted by molar-refractivity contribution is 5.85. The predicted octanol–water partition coefficient (Wildman–Crippen LogP) is 1.97. The Bertz CT molecular complexity index is 885. The van der Waals surface area contributed by atoms with Crippen molar-refractivity contribution in [3.05, 3.63) is 41.8 Å². The molecule has 8 nitrogen and oxygen atoms in total. The number of aliphatic carboxylic acids is 1. The molecule has 0 bridgehead atoms. The molecule has 0 radical (unpaired) electrons. The predicted molar refractivity (Wildman–Crippen MR) is 105 cm³/mol. The van der Waals surface area contributed by atoms with Crippen LogP contribution in [-0.4, -0.2) is 64.4 Å². The number of carboxylic acids is 1. The number of likely N-dealkylation sites (N-methyl/N-ethyl adjacent to an activating group) is 1. The molecule has 3 rings (SSSR count). The second-order valence-electron chi connectivity index (χ2n) is 7.31. The van der Waals surface area contributed by atoms with Gasteiger partial charge in [-0.2, -0.15) is 0 Å². The lowest BCUT2D eigenvalue weighted by Gasteiger charge is -2.31. The van der Waals surface area contributed by atoms with Gasteiger partial charge < -0.3 is 19.3 Å². The first-order valence-corrected chi connectivity index (χ1v) is 9.61. The van der Waals surface area contributed by atoms with Gasteiger partial charge in [0.05, 0.1) is 24.6 Å². The quantitative estimate of drug-likeness (QED) is 0.796. The summed E-state index contributed by atoms with van der Waals surface area (Å²) in [7, 11) is 1.58. The third kappa shape index (κ3) is 5.01. The highest BCUT2D eigenvalue weighted by atomic mass is 16.4. The lowest BCUT2D eigenvalue weighted by atomic mass is 9.97. The van der Waals surface area contributed by atoms with Gasteiger partial charge in [-0.25, -0.2) is 4.98 Å². The van der Waals surface area contributed by atoms with E-state index in [0.29, 0.717) is 43.3 Å². The molecule has 0 unspecified atom stereocenters. The minimum atomic E-state index is -0.817. The molecule has 1 aromatic carbocycles. The van der Waals surface area contributed by atoms with Crippen LogP contribution in [0.4, 0.5) is 0 Å². The number of nitrogens with zero attached hydrogens (tertiary/aromatic N) is 3. The van der Waals surface area contributed by atoms with Crippen LogP contribution in [0.3, 0.4) is 0 Å². The third-order valence-corrected chi connectivity index (χ3v) is 5.23. The van der Waals surface area contributed by atoms with E-state index >= 15 is 0 Å². The van der Waals surface area contributed by atoms with E-state index in [2.05, 4.69) is 4.98 Å². The summed E-state index contributed by atoms with van der Waals surface area (Å²) in [5, 5.41) is 9.05. The van der Waals surface area contributed by atoms with Gasteiger partial charge in [-0.1, -0.05) is 18.2 Å². The van der Waals surface area contributed by atoms with E-state index < -0.39 is 11.9 Å². The fraction of sp³-hybridized carbons (Fsp3) is 0.429. The van der Waals surface area contributed by atoms with Crippen molar-refractivity contribution in [2.75, 3.05) is 26.7 Å². The topological polar surface area (TPSA) is 104 Å². The Morgan fingerprint density at radius 3 is 2.48 bits per heavy atom. The van der Waals surface area contributed by atoms with Gasteiger partial charge in [0, 0.05) is 25.7 Å². The smallest absolute Gasteiger partial charge is 0.306 e. The molecule has 1 aromatic heterocycles. The van der Waals surface area contributed by atoms with Crippen molar-refractivity contribution in [3.63, 3.8) is 0 Å². The van der Waals surface area contributed by atoms with E-state index in [1.54, 1.807) is 18.9 Å². The monoisotopic (exact) mass is 399 g/mol. The summed E-state index contributed by atoms with van der Waals surface area (Å²) < 4.78 is 5.68. The molecule has 0 spiro atoms. The molecule has 1 aliphatic heterocycles. The number of hydrogen-bond acceptors (Lipinski definition) is 5. The zero-order valence-corrected chi connectivity index (χ0v) is 16.6. The number of oxazole rings is 1. The Labute approximate surface area is 169 Å². The molecule has 8 heteroatoms. The molecule has 1 saturated heterocycles. The molecule has 29 heavy (non-hydrogen) atoms. The van der Waals surface area contributed by atoms with Crippen LogP contribution < -0.4 is 0 Å². The van der Waals surface area contributed by atoms with E-state index in [1.807, 2.05) is 30.3 Å². The number of carboxylic acid groups (broad SMARTS) is 1. The maximum Gasteiger partial charge on any atom is 0.306 e. The Kier molecular flexibility index (Phi) is 6.31.